The Bertz CT molecular complexity index is 1120. The fraction of sp³-hybridized carbons (Fsp3) is 0.167. The minimum absolute atomic E-state index is 0.111. The molecule has 0 bridgehead atoms. The molecule has 1 saturated heterocycles. The van der Waals surface area contributed by atoms with Crippen LogP contribution in [0.3, 0.4) is 0 Å². The molecule has 1 aliphatic heterocycles. The Labute approximate surface area is 169 Å². The summed E-state index contributed by atoms with van der Waals surface area (Å²) in [7, 11) is 0. The van der Waals surface area contributed by atoms with E-state index in [0.717, 1.165) is 16.3 Å². The summed E-state index contributed by atoms with van der Waals surface area (Å²) < 4.78 is 14.0. The van der Waals surface area contributed by atoms with Crippen LogP contribution in [-0.2, 0) is 4.79 Å². The Morgan fingerprint density at radius 2 is 1.62 bits per heavy atom. The molecule has 4 rings (SSSR count). The van der Waals surface area contributed by atoms with Crippen LogP contribution in [-0.4, -0.2) is 37.0 Å². The van der Waals surface area contributed by atoms with Crippen LogP contribution in [0.5, 0.6) is 0 Å². The van der Waals surface area contributed by atoms with Gasteiger partial charge in [-0.3, -0.25) is 4.79 Å². The molecule has 0 N–H and O–H groups in total. The van der Waals surface area contributed by atoms with Crippen LogP contribution in [0.4, 0.5) is 10.1 Å². The van der Waals surface area contributed by atoms with Gasteiger partial charge in [0, 0.05) is 26.2 Å². The first-order valence-corrected chi connectivity index (χ1v) is 9.55. The average Bonchev–Trinajstić information content (AvgIpc) is 2.77. The Morgan fingerprint density at radius 3 is 2.34 bits per heavy atom. The third kappa shape index (κ3) is 3.97. The molecule has 1 fully saturated rings. The predicted molar refractivity (Wildman–Crippen MR) is 113 cm³/mol. The van der Waals surface area contributed by atoms with E-state index in [0.29, 0.717) is 31.9 Å². The lowest BCUT2D eigenvalue weighted by Gasteiger charge is -2.36. The minimum Gasteiger partial charge on any atom is -0.366 e. The summed E-state index contributed by atoms with van der Waals surface area (Å²) in [6.45, 7) is 1.95. The fourth-order valence-corrected chi connectivity index (χ4v) is 3.64. The van der Waals surface area contributed by atoms with Crippen molar-refractivity contribution in [2.24, 2.45) is 0 Å². The first kappa shape index (κ1) is 18.7. The standard InChI is InChI=1S/C24H20FN3O/c25-22-7-3-4-8-23(22)27-11-13-28(14-12-27)24(29)21(17-26)16-18-9-10-19-5-1-2-6-20(19)15-18/h1-10,15-16H,11-14H2/b21-16+. The topological polar surface area (TPSA) is 47.3 Å². The zero-order chi connectivity index (χ0) is 20.2. The van der Waals surface area contributed by atoms with Gasteiger partial charge in [-0.2, -0.15) is 5.26 Å². The molecule has 0 saturated carbocycles. The highest BCUT2D eigenvalue weighted by molar-refractivity contribution is 6.02. The van der Waals surface area contributed by atoms with E-state index in [9.17, 15) is 14.4 Å². The lowest BCUT2D eigenvalue weighted by atomic mass is 10.0. The minimum atomic E-state index is -0.283. The number of fused-ring (bicyclic) bond motifs is 1. The molecule has 3 aromatic carbocycles. The molecule has 5 heteroatoms. The fourth-order valence-electron chi connectivity index (χ4n) is 3.64. The van der Waals surface area contributed by atoms with Crippen LogP contribution >= 0.6 is 0 Å². The summed E-state index contributed by atoms with van der Waals surface area (Å²) >= 11 is 0. The van der Waals surface area contributed by atoms with Crippen molar-refractivity contribution in [1.82, 2.24) is 4.90 Å². The zero-order valence-corrected chi connectivity index (χ0v) is 15.9. The van der Waals surface area contributed by atoms with E-state index in [4.69, 9.17) is 0 Å². The van der Waals surface area contributed by atoms with Gasteiger partial charge in [-0.05, 0) is 40.6 Å². The Morgan fingerprint density at radius 1 is 0.931 bits per heavy atom. The number of para-hydroxylation sites is 1. The van der Waals surface area contributed by atoms with Gasteiger partial charge in [-0.25, -0.2) is 4.39 Å². The lowest BCUT2D eigenvalue weighted by molar-refractivity contribution is -0.126. The normalized spacial score (nSPS) is 14.7. The largest absolute Gasteiger partial charge is 0.366 e. The number of halogens is 1. The SMILES string of the molecule is N#C/C(=C\c1ccc2ccccc2c1)C(=O)N1CCN(c2ccccc2F)CC1. The number of carbonyl (C=O) groups excluding carboxylic acids is 1. The number of amides is 1. The van der Waals surface area contributed by atoms with Gasteiger partial charge >= 0.3 is 0 Å². The second kappa shape index (κ2) is 8.15. The van der Waals surface area contributed by atoms with Gasteiger partial charge in [-0.1, -0.05) is 48.5 Å². The van der Waals surface area contributed by atoms with Crippen molar-refractivity contribution < 1.29 is 9.18 Å². The van der Waals surface area contributed by atoms with Crippen molar-refractivity contribution in [2.75, 3.05) is 31.1 Å². The van der Waals surface area contributed by atoms with Crippen molar-refractivity contribution in [3.63, 3.8) is 0 Å². The maximum atomic E-state index is 14.0. The molecular weight excluding hydrogens is 365 g/mol. The second-order valence-electron chi connectivity index (χ2n) is 7.01. The predicted octanol–water partition coefficient (Wildman–Crippen LogP) is 4.23. The van der Waals surface area contributed by atoms with Crippen molar-refractivity contribution >= 4 is 28.4 Å². The van der Waals surface area contributed by atoms with Gasteiger partial charge in [0.25, 0.3) is 5.91 Å². The molecule has 144 valence electrons. The maximum absolute atomic E-state index is 14.0. The van der Waals surface area contributed by atoms with Gasteiger partial charge in [0.15, 0.2) is 0 Å². The van der Waals surface area contributed by atoms with E-state index in [1.165, 1.54) is 6.07 Å². The quantitative estimate of drug-likeness (QED) is 0.501. The van der Waals surface area contributed by atoms with Crippen LogP contribution < -0.4 is 4.90 Å². The number of nitriles is 1. The molecule has 0 aliphatic carbocycles. The molecule has 1 heterocycles. The molecular formula is C24H20FN3O. The van der Waals surface area contributed by atoms with Crippen LogP contribution in [0.1, 0.15) is 5.56 Å². The van der Waals surface area contributed by atoms with Gasteiger partial charge < -0.3 is 9.80 Å². The molecule has 0 unspecified atom stereocenters. The Kier molecular flexibility index (Phi) is 5.26. The molecule has 1 aliphatic rings. The summed E-state index contributed by atoms with van der Waals surface area (Å²) in [6, 6.07) is 22.5. The summed E-state index contributed by atoms with van der Waals surface area (Å²) in [5, 5.41) is 11.7. The molecule has 1 amide bonds. The third-order valence-corrected chi connectivity index (χ3v) is 5.20. The zero-order valence-electron chi connectivity index (χ0n) is 15.9. The van der Waals surface area contributed by atoms with E-state index < -0.39 is 0 Å². The van der Waals surface area contributed by atoms with E-state index in [-0.39, 0.29) is 17.3 Å². The number of piperazine rings is 1. The number of hydrogen-bond donors (Lipinski definition) is 0. The van der Waals surface area contributed by atoms with Crippen LogP contribution in [0.25, 0.3) is 16.8 Å². The number of nitrogens with zero attached hydrogens (tertiary/aromatic N) is 3. The Hall–Kier alpha value is -3.65. The second-order valence-corrected chi connectivity index (χ2v) is 7.01. The molecule has 4 nitrogen and oxygen atoms in total. The van der Waals surface area contributed by atoms with E-state index >= 15 is 0 Å². The molecule has 0 atom stereocenters. The maximum Gasteiger partial charge on any atom is 0.264 e. The molecule has 0 spiro atoms. The highest BCUT2D eigenvalue weighted by Crippen LogP contribution is 2.22. The van der Waals surface area contributed by atoms with Crippen molar-refractivity contribution in [2.45, 2.75) is 0 Å². The van der Waals surface area contributed by atoms with Crippen molar-refractivity contribution in [3.05, 3.63) is 83.7 Å². The number of carbonyl (C=O) groups is 1. The number of rotatable bonds is 3. The third-order valence-electron chi connectivity index (χ3n) is 5.20. The molecule has 3 aromatic rings. The first-order valence-electron chi connectivity index (χ1n) is 9.55. The van der Waals surface area contributed by atoms with Gasteiger partial charge in [0.2, 0.25) is 0 Å². The van der Waals surface area contributed by atoms with E-state index in [1.54, 1.807) is 29.2 Å². The molecule has 0 aromatic heterocycles. The van der Waals surface area contributed by atoms with Crippen molar-refractivity contribution in [3.8, 4) is 6.07 Å². The van der Waals surface area contributed by atoms with Gasteiger partial charge in [0.05, 0.1) is 5.69 Å². The monoisotopic (exact) mass is 385 g/mol. The molecule has 29 heavy (non-hydrogen) atoms. The number of benzene rings is 3. The summed E-state index contributed by atoms with van der Waals surface area (Å²) in [4.78, 5) is 16.4. The number of anilines is 1. The summed E-state index contributed by atoms with van der Waals surface area (Å²) in [5.41, 5.74) is 1.48. The van der Waals surface area contributed by atoms with Crippen LogP contribution in [0.15, 0.2) is 72.3 Å². The highest BCUT2D eigenvalue weighted by Gasteiger charge is 2.24. The van der Waals surface area contributed by atoms with Gasteiger partial charge in [-0.15, -0.1) is 0 Å². The van der Waals surface area contributed by atoms with E-state index in [1.807, 2.05) is 53.4 Å². The highest BCUT2D eigenvalue weighted by atomic mass is 19.1. The summed E-state index contributed by atoms with van der Waals surface area (Å²) in [5.74, 6) is -0.546. The molecule has 0 radical (unpaired) electrons. The van der Waals surface area contributed by atoms with Crippen molar-refractivity contribution in [1.29, 1.82) is 5.26 Å². The summed E-state index contributed by atoms with van der Waals surface area (Å²) in [6.07, 6.45) is 1.64. The average molecular weight is 385 g/mol. The van der Waals surface area contributed by atoms with Crippen LogP contribution in [0.2, 0.25) is 0 Å². The number of hydrogen-bond acceptors (Lipinski definition) is 3. The Balaban J connectivity index is 1.48. The van der Waals surface area contributed by atoms with Gasteiger partial charge in [0.1, 0.15) is 17.5 Å². The lowest BCUT2D eigenvalue weighted by Crippen LogP contribution is -2.49. The van der Waals surface area contributed by atoms with E-state index in [2.05, 4.69) is 0 Å². The first-order chi connectivity index (χ1) is 14.2. The smallest absolute Gasteiger partial charge is 0.264 e. The van der Waals surface area contributed by atoms with Crippen LogP contribution in [0, 0.1) is 17.1 Å².